The van der Waals surface area contributed by atoms with Gasteiger partial charge in [0.2, 0.25) is 0 Å². The van der Waals surface area contributed by atoms with E-state index < -0.39 is 67.0 Å². The Morgan fingerprint density at radius 2 is 1.65 bits per heavy atom. The number of anilines is 2. The largest absolute Gasteiger partial charge is 0.386 e. The number of nitrogens with two attached hydrogens (primary N) is 2. The van der Waals surface area contributed by atoms with Crippen molar-refractivity contribution in [3.63, 3.8) is 0 Å². The minimum absolute atomic E-state index is 0.0790. The third-order valence-corrected chi connectivity index (χ3v) is 9.72. The first kappa shape index (κ1) is 33.3. The molecule has 2 saturated heterocycles. The monoisotopic (exact) mass is 720 g/mol. The molecule has 0 bridgehead atoms. The molecule has 0 aromatic carbocycles. The summed E-state index contributed by atoms with van der Waals surface area (Å²) >= 11 is 7.86. The minimum Gasteiger partial charge on any atom is -0.382 e. The highest BCUT2D eigenvalue weighted by Gasteiger charge is 2.59. The van der Waals surface area contributed by atoms with Crippen LogP contribution in [0.1, 0.15) is 25.8 Å². The van der Waals surface area contributed by atoms with Crippen LogP contribution in [-0.2, 0) is 32.4 Å². The number of hydrogen-bond acceptors (Lipinski definition) is 15. The van der Waals surface area contributed by atoms with Gasteiger partial charge in [-0.1, -0.05) is 12.2 Å². The average Bonchev–Trinajstić information content (AvgIpc) is 3.74. The zero-order valence-electron chi connectivity index (χ0n) is 23.7. The van der Waals surface area contributed by atoms with E-state index in [-0.39, 0.29) is 47.0 Å². The number of fused-ring (bicyclic) bond motifs is 2. The summed E-state index contributed by atoms with van der Waals surface area (Å²) in [4.78, 5) is 36.3. The van der Waals surface area contributed by atoms with Gasteiger partial charge in [0.05, 0.1) is 25.9 Å². The Balaban J connectivity index is 1.20. The molecule has 6 rings (SSSR count). The van der Waals surface area contributed by atoms with E-state index in [0.717, 1.165) is 0 Å². The number of rotatable bonds is 11. The maximum atomic E-state index is 16.6. The summed E-state index contributed by atoms with van der Waals surface area (Å²) in [5.41, 5.74) is 10.3. The summed E-state index contributed by atoms with van der Waals surface area (Å²) < 4.78 is 76.6. The van der Waals surface area contributed by atoms with Crippen LogP contribution in [0.25, 0.3) is 22.3 Å². The molecule has 46 heavy (non-hydrogen) atoms. The number of nitrogen functional groups attached to an aromatic ring is 2. The fraction of sp³-hybridized carbons (Fsp3) is 0.522. The van der Waals surface area contributed by atoms with Crippen molar-refractivity contribution in [2.45, 2.75) is 56.0 Å². The van der Waals surface area contributed by atoms with Gasteiger partial charge in [-0.25, -0.2) is 43.2 Å². The molecule has 4 N–H and O–H groups in total. The normalized spacial score (nSPS) is 31.1. The molecule has 2 fully saturated rings. The maximum Gasteiger partial charge on any atom is 0.386 e. The van der Waals surface area contributed by atoms with Crippen molar-refractivity contribution < 1.29 is 41.2 Å². The maximum absolute atomic E-state index is 16.6. The van der Waals surface area contributed by atoms with Crippen LogP contribution in [0.4, 0.5) is 20.4 Å². The van der Waals surface area contributed by atoms with E-state index >= 15 is 8.78 Å². The highest BCUT2D eigenvalue weighted by atomic mass is 32.7. The van der Waals surface area contributed by atoms with E-state index in [2.05, 4.69) is 54.8 Å². The topological polar surface area (TPSA) is 220 Å². The SMILES string of the molecule is C[C@@]1(F)[C@H](O[P@](=O)(S)OC[C@H]2O[C@@H](n3cnc4c(N)ncnc43)[C@H](CC(=O)S)[C@@H]2F)[C@@H](COP)O[C@H]1n1cnc2c(N)ncnc21. The third-order valence-electron chi connectivity index (χ3n) is 7.75. The molecule has 6 heterocycles. The molecule has 17 nitrogen and oxygen atoms in total. The highest BCUT2D eigenvalue weighted by molar-refractivity contribution is 8.44. The lowest BCUT2D eigenvalue weighted by Crippen LogP contribution is -2.42. The van der Waals surface area contributed by atoms with Gasteiger partial charge in [0.25, 0.3) is 0 Å². The molecule has 4 aromatic rings. The Morgan fingerprint density at radius 1 is 1.04 bits per heavy atom. The van der Waals surface area contributed by atoms with E-state index in [4.69, 9.17) is 34.5 Å². The molecule has 10 atom stereocenters. The molecule has 0 amide bonds. The summed E-state index contributed by atoms with van der Waals surface area (Å²) in [5.74, 6) is -0.886. The Bertz CT molecular complexity index is 1820. The number of nitrogens with zero attached hydrogens (tertiary/aromatic N) is 8. The van der Waals surface area contributed by atoms with E-state index in [9.17, 15) is 9.36 Å². The Labute approximate surface area is 271 Å². The van der Waals surface area contributed by atoms with Gasteiger partial charge in [-0.2, -0.15) is 0 Å². The molecule has 2 aliphatic rings. The van der Waals surface area contributed by atoms with E-state index in [1.54, 1.807) is 0 Å². The van der Waals surface area contributed by atoms with Crippen LogP contribution in [0.3, 0.4) is 0 Å². The Kier molecular flexibility index (Phi) is 9.25. The number of carbonyl (C=O) groups is 1. The number of hydrogen-bond donors (Lipinski definition) is 4. The van der Waals surface area contributed by atoms with Gasteiger partial charge in [0.15, 0.2) is 39.9 Å². The van der Waals surface area contributed by atoms with E-state index in [1.807, 2.05) is 9.47 Å². The predicted octanol–water partition coefficient (Wildman–Crippen LogP) is 2.40. The van der Waals surface area contributed by atoms with Crippen LogP contribution in [0.15, 0.2) is 25.3 Å². The van der Waals surface area contributed by atoms with Crippen molar-refractivity contribution >= 4 is 80.2 Å². The number of ether oxygens (including phenoxy) is 2. The first-order valence-corrected chi connectivity index (χ1v) is 17.1. The van der Waals surface area contributed by atoms with E-state index in [0.29, 0.717) is 0 Å². The molecule has 248 valence electrons. The smallest absolute Gasteiger partial charge is 0.382 e. The molecule has 0 aliphatic carbocycles. The quantitative estimate of drug-likeness (QED) is 0.129. The van der Waals surface area contributed by atoms with Gasteiger partial charge in [-0.3, -0.25) is 23.0 Å². The van der Waals surface area contributed by atoms with Gasteiger partial charge < -0.3 is 25.5 Å². The first-order chi connectivity index (χ1) is 21.8. The second-order valence-corrected chi connectivity index (χ2v) is 14.4. The zero-order valence-corrected chi connectivity index (χ0v) is 27.6. The number of thiol groups is 2. The molecule has 2 aliphatic heterocycles. The number of carbonyl (C=O) groups excluding carboxylic acids is 1. The minimum atomic E-state index is -4.44. The summed E-state index contributed by atoms with van der Waals surface area (Å²) in [6.45, 7) is -4.11. The highest BCUT2D eigenvalue weighted by Crippen LogP contribution is 2.59. The van der Waals surface area contributed by atoms with Crippen LogP contribution >= 0.6 is 41.1 Å². The average molecular weight is 721 g/mol. The number of halogens is 2. The lowest BCUT2D eigenvalue weighted by molar-refractivity contribution is -0.112. The standard InChI is InChI=1S/C23H28F2N10O7P2S2/c1-23(25)16(11(3-38-43)41-22(23)35-8-33-15-18(27)29-6-31-20(15)35)42-44(37,46)39-4-10-13(24)9(2-12(36)45)21(40-10)34-7-32-14-17(26)28-5-30-19(14)34/h5-11,13,16,21-22H,2-4,43H2,1H3,(H,36,45)(H,37,46)(H2,26,28,30)(H2,27,29,31)/t9-,10-,11-,13+,16-,21-,22-,23-,44-/m1/s1. The predicted molar refractivity (Wildman–Crippen MR) is 167 cm³/mol. The zero-order chi connectivity index (χ0) is 33.0. The van der Waals surface area contributed by atoms with Crippen LogP contribution in [0, 0.1) is 5.92 Å². The lowest BCUT2D eigenvalue weighted by atomic mass is 9.98. The molecule has 0 radical (unpaired) electrons. The van der Waals surface area contributed by atoms with Crippen LogP contribution in [-0.4, -0.2) is 87.5 Å². The summed E-state index contributed by atoms with van der Waals surface area (Å²) in [5, 5.41) is -0.593. The number of imidazole rings is 2. The molecular formula is C23H28F2N10O7P2S2. The molecule has 0 saturated carbocycles. The van der Waals surface area contributed by atoms with Crippen molar-refractivity contribution in [3.8, 4) is 0 Å². The first-order valence-electron chi connectivity index (χ1n) is 13.5. The fourth-order valence-electron chi connectivity index (χ4n) is 5.65. The Hall–Kier alpha value is -2.61. The molecule has 1 unspecified atom stereocenters. The summed E-state index contributed by atoms with van der Waals surface area (Å²) in [6.07, 6.45) is -3.64. The van der Waals surface area contributed by atoms with Crippen LogP contribution in [0.5, 0.6) is 0 Å². The van der Waals surface area contributed by atoms with Crippen LogP contribution in [0.2, 0.25) is 0 Å². The molecule has 4 aromatic heterocycles. The third kappa shape index (κ3) is 6.08. The van der Waals surface area contributed by atoms with Crippen molar-refractivity contribution in [2.75, 3.05) is 24.7 Å². The van der Waals surface area contributed by atoms with Crippen molar-refractivity contribution in [3.05, 3.63) is 25.3 Å². The Morgan fingerprint density at radius 3 is 2.26 bits per heavy atom. The second-order valence-electron chi connectivity index (χ2n) is 10.7. The lowest BCUT2D eigenvalue weighted by Gasteiger charge is -2.29. The summed E-state index contributed by atoms with van der Waals surface area (Å²) in [7, 11) is 2.01. The summed E-state index contributed by atoms with van der Waals surface area (Å²) in [6, 6.07) is 0. The number of alkyl halides is 2. The van der Waals surface area contributed by atoms with Gasteiger partial charge >= 0.3 is 6.80 Å². The van der Waals surface area contributed by atoms with Gasteiger partial charge in [0, 0.05) is 21.8 Å². The van der Waals surface area contributed by atoms with Crippen LogP contribution < -0.4 is 11.5 Å². The molecule has 0 spiro atoms. The fourth-order valence-corrected chi connectivity index (χ4v) is 7.58. The van der Waals surface area contributed by atoms with E-state index in [1.165, 1.54) is 41.4 Å². The van der Waals surface area contributed by atoms with Gasteiger partial charge in [-0.15, -0.1) is 12.6 Å². The van der Waals surface area contributed by atoms with Crippen molar-refractivity contribution in [1.29, 1.82) is 0 Å². The van der Waals surface area contributed by atoms with Crippen molar-refractivity contribution in [1.82, 2.24) is 39.0 Å². The molecule has 23 heteroatoms. The van der Waals surface area contributed by atoms with Crippen molar-refractivity contribution in [2.24, 2.45) is 5.92 Å². The number of aromatic nitrogens is 8. The second kappa shape index (κ2) is 12.8. The molecular weight excluding hydrogens is 692 g/mol. The van der Waals surface area contributed by atoms with Gasteiger partial charge in [0.1, 0.15) is 54.4 Å². The van der Waals surface area contributed by atoms with Gasteiger partial charge in [-0.05, 0) is 6.92 Å².